The van der Waals surface area contributed by atoms with E-state index >= 15 is 0 Å². The summed E-state index contributed by atoms with van der Waals surface area (Å²) in [5, 5.41) is 6.01. The quantitative estimate of drug-likeness (QED) is 0.194. The van der Waals surface area contributed by atoms with E-state index in [1.54, 1.807) is 11.3 Å². The molecule has 4 aromatic carbocycles. The van der Waals surface area contributed by atoms with E-state index in [0.717, 1.165) is 39.6 Å². The molecule has 0 fully saturated rings. The molecule has 0 aliphatic carbocycles. The molecule has 0 radical (unpaired) electrons. The Bertz CT molecular complexity index is 2090. The first kappa shape index (κ1) is 23.6. The fourth-order valence-electron chi connectivity index (χ4n) is 5.58. The van der Waals surface area contributed by atoms with Gasteiger partial charge in [-0.3, -0.25) is 0 Å². The number of ether oxygens (including phenoxy) is 1. The van der Waals surface area contributed by atoms with Gasteiger partial charge in [0.05, 0.1) is 0 Å². The van der Waals surface area contributed by atoms with Crippen molar-refractivity contribution in [2.45, 2.75) is 6.92 Å². The van der Waals surface area contributed by atoms with Crippen molar-refractivity contribution in [2.75, 3.05) is 0 Å². The molecule has 5 heteroatoms. The van der Waals surface area contributed by atoms with Gasteiger partial charge < -0.3 is 0 Å². The number of aryl methyl sites for hydroxylation is 1. The molecule has 0 bridgehead atoms. The Morgan fingerprint density at radius 3 is 2.45 bits per heavy atom. The summed E-state index contributed by atoms with van der Waals surface area (Å²) in [4.78, 5) is 9.60. The van der Waals surface area contributed by atoms with Crippen LogP contribution in [0, 0.1) is 6.92 Å². The van der Waals surface area contributed by atoms with E-state index in [4.69, 9.17) is 9.72 Å². The molecule has 1 aliphatic rings. The normalized spacial score (nSPS) is 12.0. The molecule has 0 unspecified atom stereocenters. The SMILES string of the molecule is Cc1cc(Oc2cccc(-c3nccc4ccsc34)c2)cc(-c2nccc3c2[Se]c2cccc4cccc-3c24)c1. The summed E-state index contributed by atoms with van der Waals surface area (Å²) in [6, 6.07) is 34.3. The average molecular weight is 598 g/mol. The van der Waals surface area contributed by atoms with Crippen molar-refractivity contribution >= 4 is 56.1 Å². The maximum atomic E-state index is 6.48. The molecule has 4 heterocycles. The number of rotatable bonds is 4. The number of hydrogen-bond acceptors (Lipinski definition) is 4. The van der Waals surface area contributed by atoms with E-state index in [9.17, 15) is 0 Å². The second-order valence-corrected chi connectivity index (χ2v) is 13.1. The molecule has 7 aromatic rings. The van der Waals surface area contributed by atoms with Crippen LogP contribution in [0.1, 0.15) is 5.56 Å². The molecule has 0 atom stereocenters. The zero-order valence-electron chi connectivity index (χ0n) is 21.6. The van der Waals surface area contributed by atoms with Crippen LogP contribution in [0.15, 0.2) is 115 Å². The van der Waals surface area contributed by atoms with Gasteiger partial charge in [0.2, 0.25) is 0 Å². The van der Waals surface area contributed by atoms with Crippen LogP contribution in [-0.4, -0.2) is 24.9 Å². The Kier molecular flexibility index (Phi) is 5.56. The summed E-state index contributed by atoms with van der Waals surface area (Å²) in [6.45, 7) is 2.12. The van der Waals surface area contributed by atoms with Crippen LogP contribution < -0.4 is 13.7 Å². The van der Waals surface area contributed by atoms with Crippen molar-refractivity contribution in [1.29, 1.82) is 0 Å². The Morgan fingerprint density at radius 2 is 1.50 bits per heavy atom. The van der Waals surface area contributed by atoms with Gasteiger partial charge >= 0.3 is 226 Å². The van der Waals surface area contributed by atoms with Gasteiger partial charge in [-0.25, -0.2) is 0 Å². The van der Waals surface area contributed by atoms with Gasteiger partial charge in [-0.15, -0.1) is 0 Å². The third kappa shape index (κ3) is 3.94. The predicted octanol–water partition coefficient (Wildman–Crippen LogP) is 7.91. The van der Waals surface area contributed by atoms with Gasteiger partial charge in [-0.05, 0) is 17.5 Å². The Morgan fingerprint density at radius 1 is 0.675 bits per heavy atom. The molecule has 8 rings (SSSR count). The van der Waals surface area contributed by atoms with Crippen LogP contribution in [0.4, 0.5) is 0 Å². The molecule has 190 valence electrons. The number of thiophene rings is 1. The number of benzene rings is 4. The molecule has 0 amide bonds. The van der Waals surface area contributed by atoms with E-state index < -0.39 is 0 Å². The molecule has 3 aromatic heterocycles. The summed E-state index contributed by atoms with van der Waals surface area (Å²) in [7, 11) is 0. The summed E-state index contributed by atoms with van der Waals surface area (Å²) in [6.07, 6.45) is 3.82. The van der Waals surface area contributed by atoms with E-state index in [0.29, 0.717) is 0 Å². The van der Waals surface area contributed by atoms with Crippen LogP contribution in [-0.2, 0) is 0 Å². The second kappa shape index (κ2) is 9.42. The van der Waals surface area contributed by atoms with Gasteiger partial charge in [0, 0.05) is 0 Å². The third-order valence-corrected chi connectivity index (χ3v) is 10.7. The zero-order valence-corrected chi connectivity index (χ0v) is 24.1. The molecule has 3 nitrogen and oxygen atoms in total. The number of fused-ring (bicyclic) bond motifs is 3. The molecule has 0 N–H and O–H groups in total. The van der Waals surface area contributed by atoms with E-state index in [2.05, 4.69) is 102 Å². The second-order valence-electron chi connectivity index (χ2n) is 9.96. The number of pyridine rings is 2. The van der Waals surface area contributed by atoms with Gasteiger partial charge in [0.15, 0.2) is 0 Å². The number of hydrogen-bond donors (Lipinski definition) is 0. The predicted molar refractivity (Wildman–Crippen MR) is 168 cm³/mol. The summed E-state index contributed by atoms with van der Waals surface area (Å²) < 4.78 is 10.4. The fourth-order valence-corrected chi connectivity index (χ4v) is 9.11. The summed E-state index contributed by atoms with van der Waals surface area (Å²) in [5.41, 5.74) is 7.89. The van der Waals surface area contributed by atoms with Crippen LogP contribution in [0.25, 0.3) is 54.5 Å². The van der Waals surface area contributed by atoms with Crippen molar-refractivity contribution in [3.8, 4) is 45.1 Å². The minimum absolute atomic E-state index is 0.154. The fraction of sp³-hybridized carbons (Fsp3) is 0.0286. The zero-order chi connectivity index (χ0) is 26.6. The standard InChI is InChI=1S/C35H22N2OSSe/c1-21-17-25(33-35-29(12-15-37-33)28-9-3-5-22-6-4-10-30(40-35)31(22)28)20-27(18-21)38-26-8-2-7-24(19-26)32-34-23(11-14-36-32)13-16-39-34/h2-20H,1H3. The first-order valence-electron chi connectivity index (χ1n) is 13.1. The van der Waals surface area contributed by atoms with Crippen molar-refractivity contribution in [3.63, 3.8) is 0 Å². The van der Waals surface area contributed by atoms with E-state index in [1.807, 2.05) is 24.5 Å². The molecular formula is C35H22N2OSSe. The van der Waals surface area contributed by atoms with Crippen LogP contribution in [0.2, 0.25) is 0 Å². The maximum absolute atomic E-state index is 6.48. The van der Waals surface area contributed by atoms with Crippen LogP contribution in [0.3, 0.4) is 0 Å². The Balaban J connectivity index is 1.19. The Labute approximate surface area is 242 Å². The third-order valence-electron chi connectivity index (χ3n) is 7.31. The summed E-state index contributed by atoms with van der Waals surface area (Å²) >= 11 is 1.87. The molecule has 1 aliphatic heterocycles. The molecule has 0 saturated carbocycles. The Hall–Kier alpha value is -4.28. The topological polar surface area (TPSA) is 35.0 Å². The van der Waals surface area contributed by atoms with Gasteiger partial charge in [-0.2, -0.15) is 0 Å². The van der Waals surface area contributed by atoms with Crippen LogP contribution in [0.5, 0.6) is 11.5 Å². The van der Waals surface area contributed by atoms with Crippen LogP contribution >= 0.6 is 11.3 Å². The summed E-state index contributed by atoms with van der Waals surface area (Å²) in [5.74, 6) is 1.59. The van der Waals surface area contributed by atoms with Gasteiger partial charge in [0.25, 0.3) is 0 Å². The van der Waals surface area contributed by atoms with Crippen molar-refractivity contribution in [2.24, 2.45) is 0 Å². The first-order valence-corrected chi connectivity index (χ1v) is 15.7. The molecule has 40 heavy (non-hydrogen) atoms. The molecule has 0 spiro atoms. The van der Waals surface area contributed by atoms with Gasteiger partial charge in [-0.1, -0.05) is 0 Å². The van der Waals surface area contributed by atoms with E-state index in [-0.39, 0.29) is 15.0 Å². The van der Waals surface area contributed by atoms with Crippen molar-refractivity contribution in [1.82, 2.24) is 9.97 Å². The molecular weight excluding hydrogens is 575 g/mol. The average Bonchev–Trinajstić information content (AvgIpc) is 3.46. The minimum atomic E-state index is 0.154. The van der Waals surface area contributed by atoms with Crippen molar-refractivity contribution < 1.29 is 4.74 Å². The number of nitrogens with zero attached hydrogens (tertiary/aromatic N) is 2. The van der Waals surface area contributed by atoms with Gasteiger partial charge in [0.1, 0.15) is 0 Å². The first-order chi connectivity index (χ1) is 19.7. The van der Waals surface area contributed by atoms with Crippen molar-refractivity contribution in [3.05, 3.63) is 120 Å². The number of aromatic nitrogens is 2. The monoisotopic (exact) mass is 598 g/mol. The van der Waals surface area contributed by atoms with E-state index in [1.165, 1.54) is 40.9 Å². The molecule has 0 saturated heterocycles.